The highest BCUT2D eigenvalue weighted by Crippen LogP contribution is 2.24. The van der Waals surface area contributed by atoms with Gasteiger partial charge in [-0.05, 0) is 43.2 Å². The van der Waals surface area contributed by atoms with Crippen LogP contribution in [0.3, 0.4) is 0 Å². The van der Waals surface area contributed by atoms with Crippen LogP contribution in [0.5, 0.6) is 0 Å². The van der Waals surface area contributed by atoms with E-state index in [0.717, 1.165) is 37.2 Å². The highest BCUT2D eigenvalue weighted by atomic mass is 16.2. The summed E-state index contributed by atoms with van der Waals surface area (Å²) in [6.45, 7) is 7.73. The van der Waals surface area contributed by atoms with Crippen LogP contribution in [0.4, 0.5) is 5.69 Å². The minimum absolute atomic E-state index is 0.0984. The molecule has 1 fully saturated rings. The summed E-state index contributed by atoms with van der Waals surface area (Å²) in [4.78, 5) is 17.0. The van der Waals surface area contributed by atoms with Crippen LogP contribution in [0.25, 0.3) is 11.0 Å². The monoisotopic (exact) mass is 349 g/mol. The average molecular weight is 349 g/mol. The highest BCUT2D eigenvalue weighted by molar-refractivity contribution is 5.80. The van der Waals surface area contributed by atoms with E-state index >= 15 is 0 Å². The molecule has 0 spiro atoms. The molecule has 0 radical (unpaired) electrons. The second-order valence-corrected chi connectivity index (χ2v) is 6.82. The number of para-hydroxylation sites is 1. The van der Waals surface area contributed by atoms with Crippen molar-refractivity contribution in [3.63, 3.8) is 0 Å². The second kappa shape index (κ2) is 6.78. The number of amides is 1. The summed E-state index contributed by atoms with van der Waals surface area (Å²) in [5, 5.41) is 8.24. The summed E-state index contributed by atoms with van der Waals surface area (Å²) >= 11 is 0. The fraction of sp³-hybridized carbons (Fsp3) is 0.350. The van der Waals surface area contributed by atoms with Crippen molar-refractivity contribution in [3.8, 4) is 0 Å². The molecule has 0 atom stereocenters. The van der Waals surface area contributed by atoms with Crippen LogP contribution in [0, 0.1) is 13.8 Å². The van der Waals surface area contributed by atoms with Crippen LogP contribution >= 0.6 is 0 Å². The number of aromatic nitrogens is 3. The summed E-state index contributed by atoms with van der Waals surface area (Å²) in [6.07, 6.45) is 0. The lowest BCUT2D eigenvalue weighted by Crippen LogP contribution is -2.49. The highest BCUT2D eigenvalue weighted by Gasteiger charge is 2.23. The Labute approximate surface area is 153 Å². The molecule has 1 saturated heterocycles. The van der Waals surface area contributed by atoms with Gasteiger partial charge in [0, 0.05) is 31.9 Å². The molecule has 6 nitrogen and oxygen atoms in total. The third-order valence-electron chi connectivity index (χ3n) is 5.25. The van der Waals surface area contributed by atoms with Crippen molar-refractivity contribution < 1.29 is 4.79 Å². The lowest BCUT2D eigenvalue weighted by molar-refractivity contribution is -0.132. The number of carbonyl (C=O) groups is 1. The standard InChI is InChI=1S/C20H23N5O/c1-15-6-5-9-18(16(15)2)23-10-12-24(13-11-23)20(26)14-25-19-8-4-3-7-17(19)21-22-25/h3-9H,10-14H2,1-2H3. The number of piperazine rings is 1. The predicted octanol–water partition coefficient (Wildman–Crippen LogP) is 2.40. The smallest absolute Gasteiger partial charge is 0.244 e. The van der Waals surface area contributed by atoms with Crippen molar-refractivity contribution in [3.05, 3.63) is 53.6 Å². The van der Waals surface area contributed by atoms with Crippen molar-refractivity contribution in [2.24, 2.45) is 0 Å². The minimum Gasteiger partial charge on any atom is -0.368 e. The van der Waals surface area contributed by atoms with Gasteiger partial charge in [-0.3, -0.25) is 4.79 Å². The first-order chi connectivity index (χ1) is 12.6. The van der Waals surface area contributed by atoms with Gasteiger partial charge in [0.05, 0.1) is 5.52 Å². The Morgan fingerprint density at radius 3 is 2.58 bits per heavy atom. The van der Waals surface area contributed by atoms with E-state index < -0.39 is 0 Å². The van der Waals surface area contributed by atoms with Gasteiger partial charge in [-0.2, -0.15) is 0 Å². The quantitative estimate of drug-likeness (QED) is 0.729. The number of aryl methyl sites for hydroxylation is 1. The van der Waals surface area contributed by atoms with Gasteiger partial charge in [-0.15, -0.1) is 5.10 Å². The summed E-state index contributed by atoms with van der Waals surface area (Å²) in [5.74, 6) is 0.0984. The average Bonchev–Trinajstić information content (AvgIpc) is 3.07. The largest absolute Gasteiger partial charge is 0.368 e. The molecule has 1 amide bonds. The molecule has 0 unspecified atom stereocenters. The van der Waals surface area contributed by atoms with Gasteiger partial charge < -0.3 is 9.80 Å². The molecule has 1 aromatic heterocycles. The molecule has 2 heterocycles. The van der Waals surface area contributed by atoms with E-state index in [4.69, 9.17) is 0 Å². The van der Waals surface area contributed by atoms with E-state index in [1.165, 1.54) is 16.8 Å². The van der Waals surface area contributed by atoms with Crippen molar-refractivity contribution in [2.45, 2.75) is 20.4 Å². The first-order valence-corrected chi connectivity index (χ1v) is 9.00. The second-order valence-electron chi connectivity index (χ2n) is 6.82. The Kier molecular flexibility index (Phi) is 4.32. The van der Waals surface area contributed by atoms with Gasteiger partial charge in [0.25, 0.3) is 0 Å². The zero-order valence-corrected chi connectivity index (χ0v) is 15.2. The first kappa shape index (κ1) is 16.6. The predicted molar refractivity (Wildman–Crippen MR) is 102 cm³/mol. The Morgan fingerprint density at radius 2 is 1.77 bits per heavy atom. The maximum atomic E-state index is 12.7. The number of benzene rings is 2. The van der Waals surface area contributed by atoms with Gasteiger partial charge in [0.15, 0.2) is 0 Å². The maximum absolute atomic E-state index is 12.7. The maximum Gasteiger partial charge on any atom is 0.244 e. The van der Waals surface area contributed by atoms with Gasteiger partial charge >= 0.3 is 0 Å². The third kappa shape index (κ3) is 3.03. The van der Waals surface area contributed by atoms with Gasteiger partial charge in [0.1, 0.15) is 12.1 Å². The molecule has 1 aliphatic heterocycles. The third-order valence-corrected chi connectivity index (χ3v) is 5.25. The number of anilines is 1. The normalized spacial score (nSPS) is 14.8. The molecule has 3 aromatic rings. The Hall–Kier alpha value is -2.89. The molecule has 0 saturated carbocycles. The molecule has 134 valence electrons. The lowest BCUT2D eigenvalue weighted by Gasteiger charge is -2.37. The van der Waals surface area contributed by atoms with Crippen molar-refractivity contribution in [2.75, 3.05) is 31.1 Å². The molecule has 1 aliphatic rings. The molecule has 0 N–H and O–H groups in total. The Balaban J connectivity index is 1.41. The molecular formula is C20H23N5O. The summed E-state index contributed by atoms with van der Waals surface area (Å²) < 4.78 is 1.69. The fourth-order valence-corrected chi connectivity index (χ4v) is 3.54. The number of rotatable bonds is 3. The van der Waals surface area contributed by atoms with Gasteiger partial charge in [-0.25, -0.2) is 4.68 Å². The fourth-order valence-electron chi connectivity index (χ4n) is 3.54. The number of nitrogens with zero attached hydrogens (tertiary/aromatic N) is 5. The number of hydrogen-bond donors (Lipinski definition) is 0. The van der Waals surface area contributed by atoms with Gasteiger partial charge in [-0.1, -0.05) is 29.5 Å². The Morgan fingerprint density at radius 1 is 1.00 bits per heavy atom. The minimum atomic E-state index is 0.0984. The molecule has 26 heavy (non-hydrogen) atoms. The van der Waals surface area contributed by atoms with Crippen LogP contribution in [0.2, 0.25) is 0 Å². The lowest BCUT2D eigenvalue weighted by atomic mass is 10.1. The van der Waals surface area contributed by atoms with E-state index in [2.05, 4.69) is 47.3 Å². The summed E-state index contributed by atoms with van der Waals surface area (Å²) in [7, 11) is 0. The van der Waals surface area contributed by atoms with E-state index in [-0.39, 0.29) is 12.5 Å². The molecule has 4 rings (SSSR count). The summed E-state index contributed by atoms with van der Waals surface area (Å²) in [5.41, 5.74) is 5.62. The van der Waals surface area contributed by atoms with Crippen molar-refractivity contribution in [1.29, 1.82) is 0 Å². The van der Waals surface area contributed by atoms with E-state index in [1.807, 2.05) is 29.2 Å². The molecular weight excluding hydrogens is 326 g/mol. The molecule has 0 aliphatic carbocycles. The van der Waals surface area contributed by atoms with Crippen LogP contribution < -0.4 is 4.90 Å². The van der Waals surface area contributed by atoms with Crippen LogP contribution in [-0.4, -0.2) is 52.0 Å². The topological polar surface area (TPSA) is 54.3 Å². The van der Waals surface area contributed by atoms with Crippen molar-refractivity contribution >= 4 is 22.6 Å². The van der Waals surface area contributed by atoms with E-state index in [1.54, 1.807) is 4.68 Å². The number of carbonyl (C=O) groups excluding carboxylic acids is 1. The molecule has 0 bridgehead atoms. The number of fused-ring (bicyclic) bond motifs is 1. The Bertz CT molecular complexity index is 940. The molecule has 2 aromatic carbocycles. The zero-order valence-electron chi connectivity index (χ0n) is 15.2. The van der Waals surface area contributed by atoms with Crippen molar-refractivity contribution in [1.82, 2.24) is 19.9 Å². The van der Waals surface area contributed by atoms with Crippen LogP contribution in [0.1, 0.15) is 11.1 Å². The zero-order chi connectivity index (χ0) is 18.1. The first-order valence-electron chi connectivity index (χ1n) is 9.00. The summed E-state index contributed by atoms with van der Waals surface area (Å²) in [6, 6.07) is 14.1. The van der Waals surface area contributed by atoms with Gasteiger partial charge in [0.2, 0.25) is 5.91 Å². The van der Waals surface area contributed by atoms with E-state index in [9.17, 15) is 4.79 Å². The SMILES string of the molecule is Cc1cccc(N2CCN(C(=O)Cn3nnc4ccccc43)CC2)c1C. The van der Waals surface area contributed by atoms with E-state index in [0.29, 0.717) is 0 Å². The number of hydrogen-bond acceptors (Lipinski definition) is 4. The molecule has 6 heteroatoms. The van der Waals surface area contributed by atoms with Crippen LogP contribution in [0.15, 0.2) is 42.5 Å². The van der Waals surface area contributed by atoms with Crippen LogP contribution in [-0.2, 0) is 11.3 Å².